The van der Waals surface area contributed by atoms with Crippen molar-refractivity contribution in [2.24, 2.45) is 0 Å². The summed E-state index contributed by atoms with van der Waals surface area (Å²) in [6, 6.07) is 3.06. The molecule has 0 aliphatic carbocycles. The number of halogens is 1. The van der Waals surface area contributed by atoms with Gasteiger partial charge < -0.3 is 15.7 Å². The number of hydrogen-bond acceptors (Lipinski definition) is 5. The number of carbonyl (C=O) groups is 1. The van der Waals surface area contributed by atoms with Gasteiger partial charge in [0.1, 0.15) is 11.0 Å². The maximum Gasteiger partial charge on any atom is 0.254 e. The minimum Gasteiger partial charge on any atom is -0.395 e. The molecule has 0 radical (unpaired) electrons. The molecule has 6 nitrogen and oxygen atoms in total. The number of carbonyl (C=O) groups excluding carboxylic acids is 1. The third-order valence-corrected chi connectivity index (χ3v) is 3.33. The Kier molecular flexibility index (Phi) is 4.57. The van der Waals surface area contributed by atoms with E-state index < -0.39 is 0 Å². The van der Waals surface area contributed by atoms with Gasteiger partial charge in [-0.2, -0.15) is 0 Å². The summed E-state index contributed by atoms with van der Waals surface area (Å²) in [6.45, 7) is 3.60. The van der Waals surface area contributed by atoms with Crippen molar-refractivity contribution in [2.45, 2.75) is 0 Å². The van der Waals surface area contributed by atoms with Gasteiger partial charge in [-0.05, 0) is 12.1 Å². The van der Waals surface area contributed by atoms with Gasteiger partial charge in [0.15, 0.2) is 0 Å². The molecule has 3 N–H and O–H groups in total. The number of anilines is 1. The van der Waals surface area contributed by atoms with Crippen LogP contribution >= 0.6 is 11.6 Å². The third-order valence-electron chi connectivity index (χ3n) is 3.14. The number of β-amino-alcohol motifs (C(OH)–C–C–N with tert-alkyl or cyclic N) is 1. The van der Waals surface area contributed by atoms with Crippen LogP contribution in [-0.2, 0) is 0 Å². The smallest absolute Gasteiger partial charge is 0.254 e. The van der Waals surface area contributed by atoms with Crippen LogP contribution in [0.25, 0.3) is 0 Å². The molecule has 1 amide bonds. The normalized spacial score (nSPS) is 16.6. The van der Waals surface area contributed by atoms with Crippen molar-refractivity contribution >= 4 is 23.3 Å². The quantitative estimate of drug-likeness (QED) is 0.768. The highest BCUT2D eigenvalue weighted by atomic mass is 35.5. The Bertz CT molecular complexity index is 441. The first-order valence-electron chi connectivity index (χ1n) is 6.15. The molecule has 0 atom stereocenters. The number of nitrogens with zero attached hydrogens (tertiary/aromatic N) is 3. The Balaban J connectivity index is 2.01. The van der Waals surface area contributed by atoms with Crippen molar-refractivity contribution < 1.29 is 9.90 Å². The van der Waals surface area contributed by atoms with Crippen molar-refractivity contribution in [1.29, 1.82) is 0 Å². The molecule has 7 heteroatoms. The van der Waals surface area contributed by atoms with Crippen LogP contribution in [0.5, 0.6) is 0 Å². The number of pyridine rings is 1. The van der Waals surface area contributed by atoms with E-state index >= 15 is 0 Å². The van der Waals surface area contributed by atoms with Crippen LogP contribution in [0, 0.1) is 0 Å². The lowest BCUT2D eigenvalue weighted by Crippen LogP contribution is -2.49. The highest BCUT2D eigenvalue weighted by Gasteiger charge is 2.22. The van der Waals surface area contributed by atoms with Gasteiger partial charge in [-0.25, -0.2) is 4.98 Å². The van der Waals surface area contributed by atoms with Gasteiger partial charge in [-0.15, -0.1) is 0 Å². The molecule has 2 rings (SSSR count). The minimum absolute atomic E-state index is 0.0837. The van der Waals surface area contributed by atoms with E-state index in [0.29, 0.717) is 25.2 Å². The largest absolute Gasteiger partial charge is 0.395 e. The highest BCUT2D eigenvalue weighted by Crippen LogP contribution is 2.15. The van der Waals surface area contributed by atoms with Gasteiger partial charge in [0.2, 0.25) is 0 Å². The van der Waals surface area contributed by atoms with E-state index in [4.69, 9.17) is 22.4 Å². The fraction of sp³-hybridized carbons (Fsp3) is 0.500. The second-order valence-electron chi connectivity index (χ2n) is 4.46. The van der Waals surface area contributed by atoms with Crippen LogP contribution in [-0.4, -0.2) is 65.1 Å². The molecular formula is C12H17ClN4O2. The average Bonchev–Trinajstić information content (AvgIpc) is 2.38. The Labute approximate surface area is 116 Å². The predicted octanol–water partition coefficient (Wildman–Crippen LogP) is 0.0673. The summed E-state index contributed by atoms with van der Waals surface area (Å²) in [5, 5.41) is 9.10. The van der Waals surface area contributed by atoms with E-state index in [-0.39, 0.29) is 23.5 Å². The number of aromatic nitrogens is 1. The lowest BCUT2D eigenvalue weighted by Gasteiger charge is -2.34. The zero-order chi connectivity index (χ0) is 13.8. The average molecular weight is 285 g/mol. The summed E-state index contributed by atoms with van der Waals surface area (Å²) >= 11 is 5.80. The van der Waals surface area contributed by atoms with Crippen molar-refractivity contribution in [3.63, 3.8) is 0 Å². The Morgan fingerprint density at radius 2 is 2.05 bits per heavy atom. The zero-order valence-corrected chi connectivity index (χ0v) is 11.3. The summed E-state index contributed by atoms with van der Waals surface area (Å²) < 4.78 is 0. The Hall–Kier alpha value is -1.37. The maximum absolute atomic E-state index is 12.3. The SMILES string of the molecule is Nc1cc(C(=O)N2CCN(CCO)CC2)cc(Cl)n1. The maximum atomic E-state index is 12.3. The molecule has 2 heterocycles. The molecule has 0 aromatic carbocycles. The molecule has 19 heavy (non-hydrogen) atoms. The Morgan fingerprint density at radius 3 is 2.63 bits per heavy atom. The van der Waals surface area contributed by atoms with E-state index in [1.165, 1.54) is 12.1 Å². The monoisotopic (exact) mass is 284 g/mol. The van der Waals surface area contributed by atoms with E-state index in [0.717, 1.165) is 13.1 Å². The van der Waals surface area contributed by atoms with Gasteiger partial charge >= 0.3 is 0 Å². The molecule has 0 unspecified atom stereocenters. The molecule has 1 aromatic heterocycles. The van der Waals surface area contributed by atoms with Crippen LogP contribution in [0.15, 0.2) is 12.1 Å². The van der Waals surface area contributed by atoms with Crippen LogP contribution in [0.2, 0.25) is 5.15 Å². The van der Waals surface area contributed by atoms with Crippen LogP contribution in [0.1, 0.15) is 10.4 Å². The number of hydrogen-bond donors (Lipinski definition) is 2. The van der Waals surface area contributed by atoms with Gasteiger partial charge in [-0.3, -0.25) is 9.69 Å². The lowest BCUT2D eigenvalue weighted by molar-refractivity contribution is 0.0615. The zero-order valence-electron chi connectivity index (χ0n) is 10.5. The molecular weight excluding hydrogens is 268 g/mol. The van der Waals surface area contributed by atoms with E-state index in [9.17, 15) is 4.79 Å². The molecule has 1 aliphatic rings. The summed E-state index contributed by atoms with van der Waals surface area (Å²) in [5.74, 6) is 0.161. The first-order chi connectivity index (χ1) is 9.10. The van der Waals surface area contributed by atoms with Crippen LogP contribution in [0.4, 0.5) is 5.82 Å². The number of rotatable bonds is 3. The molecule has 104 valence electrons. The number of piperazine rings is 1. The van der Waals surface area contributed by atoms with E-state index in [2.05, 4.69) is 9.88 Å². The second-order valence-corrected chi connectivity index (χ2v) is 4.85. The second kappa shape index (κ2) is 6.18. The first kappa shape index (κ1) is 14.0. The standard InChI is InChI=1S/C12H17ClN4O2/c13-10-7-9(8-11(14)15-10)12(19)17-3-1-16(2-4-17)5-6-18/h7-8,18H,1-6H2,(H2,14,15). The van der Waals surface area contributed by atoms with Crippen LogP contribution < -0.4 is 5.73 Å². The fourth-order valence-electron chi connectivity index (χ4n) is 2.14. The molecule has 1 aromatic rings. The number of nitrogen functional groups attached to an aromatic ring is 1. The molecule has 1 aliphatic heterocycles. The summed E-state index contributed by atoms with van der Waals surface area (Å²) in [6.07, 6.45) is 0. The summed E-state index contributed by atoms with van der Waals surface area (Å²) in [7, 11) is 0. The number of amides is 1. The predicted molar refractivity (Wildman–Crippen MR) is 73.1 cm³/mol. The van der Waals surface area contributed by atoms with Crippen molar-refractivity contribution in [3.8, 4) is 0 Å². The van der Waals surface area contributed by atoms with Crippen molar-refractivity contribution in [1.82, 2.24) is 14.8 Å². The number of nitrogens with two attached hydrogens (primary N) is 1. The molecule has 0 saturated carbocycles. The fourth-order valence-corrected chi connectivity index (χ4v) is 2.35. The number of aliphatic hydroxyl groups excluding tert-OH is 1. The molecule has 0 spiro atoms. The van der Waals surface area contributed by atoms with Gasteiger partial charge in [0.25, 0.3) is 5.91 Å². The molecule has 1 saturated heterocycles. The molecule has 0 bridgehead atoms. The van der Waals surface area contributed by atoms with Crippen molar-refractivity contribution in [3.05, 3.63) is 22.8 Å². The third kappa shape index (κ3) is 3.56. The van der Waals surface area contributed by atoms with Crippen molar-refractivity contribution in [2.75, 3.05) is 45.1 Å². The van der Waals surface area contributed by atoms with E-state index in [1.54, 1.807) is 4.90 Å². The topological polar surface area (TPSA) is 82.7 Å². The number of aliphatic hydroxyl groups is 1. The lowest BCUT2D eigenvalue weighted by atomic mass is 10.2. The molecule has 1 fully saturated rings. The van der Waals surface area contributed by atoms with Crippen LogP contribution in [0.3, 0.4) is 0 Å². The minimum atomic E-state index is -0.0837. The van der Waals surface area contributed by atoms with Gasteiger partial charge in [-0.1, -0.05) is 11.6 Å². The van der Waals surface area contributed by atoms with Gasteiger partial charge in [0.05, 0.1) is 6.61 Å². The summed E-state index contributed by atoms with van der Waals surface area (Å²) in [5.41, 5.74) is 6.05. The van der Waals surface area contributed by atoms with Gasteiger partial charge in [0, 0.05) is 38.3 Å². The first-order valence-corrected chi connectivity index (χ1v) is 6.53. The highest BCUT2D eigenvalue weighted by molar-refractivity contribution is 6.29. The summed E-state index contributed by atoms with van der Waals surface area (Å²) in [4.78, 5) is 20.0. The van der Waals surface area contributed by atoms with E-state index in [1.807, 2.05) is 0 Å². The Morgan fingerprint density at radius 1 is 1.37 bits per heavy atom.